The van der Waals surface area contributed by atoms with Crippen molar-refractivity contribution < 1.29 is 22.7 Å². The molecule has 2 aromatic carbocycles. The molecule has 2 aromatic rings. The van der Waals surface area contributed by atoms with Crippen LogP contribution in [-0.4, -0.2) is 57.1 Å². The molecule has 0 saturated carbocycles. The molecular formula is C25H34ClN3O5S. The van der Waals surface area contributed by atoms with Crippen LogP contribution in [0.15, 0.2) is 48.5 Å². The number of hydrogen-bond acceptors (Lipinski definition) is 5. The van der Waals surface area contributed by atoms with Crippen molar-refractivity contribution in [2.45, 2.75) is 52.2 Å². The van der Waals surface area contributed by atoms with Crippen LogP contribution in [0.25, 0.3) is 0 Å². The largest absolute Gasteiger partial charge is 0.497 e. The van der Waals surface area contributed by atoms with Gasteiger partial charge in [-0.05, 0) is 61.7 Å². The van der Waals surface area contributed by atoms with Gasteiger partial charge in [0.15, 0.2) is 0 Å². The second-order valence-corrected chi connectivity index (χ2v) is 10.7. The Morgan fingerprint density at radius 1 is 1.09 bits per heavy atom. The molecule has 2 atom stereocenters. The number of methoxy groups -OCH3 is 1. The van der Waals surface area contributed by atoms with Crippen molar-refractivity contribution in [3.63, 3.8) is 0 Å². The minimum Gasteiger partial charge on any atom is -0.497 e. The molecule has 0 aliphatic carbocycles. The number of hydrogen-bond donors (Lipinski definition) is 1. The smallest absolute Gasteiger partial charge is 0.244 e. The molecule has 0 aromatic heterocycles. The Bertz CT molecular complexity index is 1110. The molecular weight excluding hydrogens is 490 g/mol. The minimum atomic E-state index is -3.80. The molecule has 2 amide bonds. The average molecular weight is 524 g/mol. The highest BCUT2D eigenvalue weighted by Gasteiger charge is 2.32. The van der Waals surface area contributed by atoms with Gasteiger partial charge >= 0.3 is 0 Å². The number of halogens is 1. The summed E-state index contributed by atoms with van der Waals surface area (Å²) in [4.78, 5) is 28.2. The van der Waals surface area contributed by atoms with E-state index >= 15 is 0 Å². The molecule has 0 aliphatic heterocycles. The Balaban J connectivity index is 2.44. The van der Waals surface area contributed by atoms with Gasteiger partial charge in [-0.2, -0.15) is 0 Å². The second kappa shape index (κ2) is 12.8. The van der Waals surface area contributed by atoms with Crippen molar-refractivity contribution in [3.8, 4) is 5.75 Å². The van der Waals surface area contributed by atoms with Crippen molar-refractivity contribution in [1.29, 1.82) is 0 Å². The van der Waals surface area contributed by atoms with Gasteiger partial charge in [0.2, 0.25) is 21.8 Å². The molecule has 0 fully saturated rings. The number of anilines is 1. The molecule has 0 spiro atoms. The van der Waals surface area contributed by atoms with Crippen LogP contribution in [0.5, 0.6) is 5.75 Å². The number of sulfonamides is 1. The van der Waals surface area contributed by atoms with E-state index in [0.29, 0.717) is 22.9 Å². The second-order valence-electron chi connectivity index (χ2n) is 8.36. The number of carbonyl (C=O) groups excluding carboxylic acids is 2. The molecule has 0 heterocycles. The lowest BCUT2D eigenvalue weighted by Gasteiger charge is -2.33. The highest BCUT2D eigenvalue weighted by Crippen LogP contribution is 2.22. The van der Waals surface area contributed by atoms with E-state index in [0.717, 1.165) is 22.5 Å². The molecule has 35 heavy (non-hydrogen) atoms. The van der Waals surface area contributed by atoms with Crippen molar-refractivity contribution >= 4 is 39.1 Å². The van der Waals surface area contributed by atoms with E-state index in [1.165, 1.54) is 17.0 Å². The van der Waals surface area contributed by atoms with Gasteiger partial charge in [0.05, 0.1) is 19.1 Å². The third kappa shape index (κ3) is 8.14. The summed E-state index contributed by atoms with van der Waals surface area (Å²) < 4.78 is 31.5. The first-order valence-corrected chi connectivity index (χ1v) is 13.7. The Kier molecular flexibility index (Phi) is 10.4. The van der Waals surface area contributed by atoms with Gasteiger partial charge in [-0.3, -0.25) is 13.9 Å². The summed E-state index contributed by atoms with van der Waals surface area (Å²) in [5.41, 5.74) is 1.06. The number of carbonyl (C=O) groups is 2. The number of benzene rings is 2. The van der Waals surface area contributed by atoms with Crippen LogP contribution in [0.2, 0.25) is 5.02 Å². The Morgan fingerprint density at radius 2 is 1.74 bits per heavy atom. The molecule has 0 saturated heterocycles. The normalized spacial score (nSPS) is 13.0. The van der Waals surface area contributed by atoms with E-state index in [9.17, 15) is 18.0 Å². The zero-order chi connectivity index (χ0) is 26.2. The van der Waals surface area contributed by atoms with Gasteiger partial charge in [0, 0.05) is 17.6 Å². The maximum absolute atomic E-state index is 13.6. The first-order chi connectivity index (χ1) is 16.5. The average Bonchev–Trinajstić information content (AvgIpc) is 2.82. The molecule has 0 aliphatic rings. The van der Waals surface area contributed by atoms with Crippen molar-refractivity contribution in [1.82, 2.24) is 10.2 Å². The van der Waals surface area contributed by atoms with Crippen LogP contribution in [0, 0.1) is 0 Å². The lowest BCUT2D eigenvalue weighted by molar-refractivity contribution is -0.140. The van der Waals surface area contributed by atoms with Crippen LogP contribution in [0.3, 0.4) is 0 Å². The summed E-state index contributed by atoms with van der Waals surface area (Å²) in [6.45, 7) is 5.32. The summed E-state index contributed by atoms with van der Waals surface area (Å²) in [6.07, 6.45) is 2.14. The van der Waals surface area contributed by atoms with Gasteiger partial charge in [0.25, 0.3) is 0 Å². The van der Waals surface area contributed by atoms with Crippen molar-refractivity contribution in [2.75, 3.05) is 24.2 Å². The SMILES string of the molecule is CC[C@H](C)NC(=O)[C@H](CC)N(Cc1cccc(OC)c1)C(=O)CN(c1ccc(Cl)cc1)S(C)(=O)=O. The first-order valence-electron chi connectivity index (χ1n) is 11.5. The van der Waals surface area contributed by atoms with E-state index in [1.807, 2.05) is 26.8 Å². The lowest BCUT2D eigenvalue weighted by atomic mass is 10.1. The predicted octanol–water partition coefficient (Wildman–Crippen LogP) is 3.84. The summed E-state index contributed by atoms with van der Waals surface area (Å²) in [5, 5.41) is 3.39. The van der Waals surface area contributed by atoms with Gasteiger partial charge in [-0.1, -0.05) is 37.6 Å². The van der Waals surface area contributed by atoms with Gasteiger partial charge < -0.3 is 15.0 Å². The first kappa shape index (κ1) is 28.5. The topological polar surface area (TPSA) is 96.0 Å². The van der Waals surface area contributed by atoms with E-state index in [2.05, 4.69) is 5.32 Å². The minimum absolute atomic E-state index is 0.0630. The zero-order valence-electron chi connectivity index (χ0n) is 20.8. The summed E-state index contributed by atoms with van der Waals surface area (Å²) in [7, 11) is -2.25. The fourth-order valence-corrected chi connectivity index (χ4v) is 4.52. The molecule has 192 valence electrons. The summed E-state index contributed by atoms with van der Waals surface area (Å²) in [6, 6.07) is 12.5. The van der Waals surface area contributed by atoms with Crippen LogP contribution in [0.1, 0.15) is 39.2 Å². The van der Waals surface area contributed by atoms with Crippen LogP contribution in [0.4, 0.5) is 5.69 Å². The van der Waals surface area contributed by atoms with E-state index in [4.69, 9.17) is 16.3 Å². The van der Waals surface area contributed by atoms with Crippen molar-refractivity contribution in [3.05, 3.63) is 59.1 Å². The summed E-state index contributed by atoms with van der Waals surface area (Å²) in [5.74, 6) is -0.166. The van der Waals surface area contributed by atoms with Gasteiger partial charge in [-0.25, -0.2) is 8.42 Å². The highest BCUT2D eigenvalue weighted by atomic mass is 35.5. The maximum atomic E-state index is 13.6. The molecule has 8 nitrogen and oxygen atoms in total. The van der Waals surface area contributed by atoms with Crippen LogP contribution >= 0.6 is 11.6 Å². The van der Waals surface area contributed by atoms with Crippen LogP contribution < -0.4 is 14.4 Å². The molecule has 10 heteroatoms. The third-order valence-corrected chi connectivity index (χ3v) is 7.06. The number of nitrogens with zero attached hydrogens (tertiary/aromatic N) is 2. The van der Waals surface area contributed by atoms with E-state index in [-0.39, 0.29) is 18.5 Å². The fraction of sp³-hybridized carbons (Fsp3) is 0.440. The predicted molar refractivity (Wildman–Crippen MR) is 139 cm³/mol. The van der Waals surface area contributed by atoms with Crippen LogP contribution in [-0.2, 0) is 26.2 Å². The number of nitrogens with one attached hydrogen (secondary N) is 1. The number of rotatable bonds is 12. The highest BCUT2D eigenvalue weighted by molar-refractivity contribution is 7.92. The fourth-order valence-electron chi connectivity index (χ4n) is 3.55. The Hall–Kier alpha value is -2.78. The van der Waals surface area contributed by atoms with Gasteiger partial charge in [-0.15, -0.1) is 0 Å². The third-order valence-electron chi connectivity index (χ3n) is 5.67. The zero-order valence-corrected chi connectivity index (χ0v) is 22.4. The molecule has 0 radical (unpaired) electrons. The maximum Gasteiger partial charge on any atom is 0.244 e. The molecule has 2 rings (SSSR count). The molecule has 0 bridgehead atoms. The number of ether oxygens (including phenoxy) is 1. The monoisotopic (exact) mass is 523 g/mol. The molecule has 0 unspecified atom stereocenters. The van der Waals surface area contributed by atoms with Gasteiger partial charge in [0.1, 0.15) is 18.3 Å². The van der Waals surface area contributed by atoms with E-state index in [1.54, 1.807) is 37.4 Å². The quantitative estimate of drug-likeness (QED) is 0.456. The number of amides is 2. The Labute approximate surface area is 213 Å². The summed E-state index contributed by atoms with van der Waals surface area (Å²) >= 11 is 5.95. The van der Waals surface area contributed by atoms with E-state index < -0.39 is 28.5 Å². The standard InChI is InChI=1S/C25H34ClN3O5S/c1-6-18(3)27-25(31)23(7-2)28(16-19-9-8-10-22(15-19)34-4)24(30)17-29(35(5,32)33)21-13-11-20(26)12-14-21/h8-15,18,23H,6-7,16-17H2,1-5H3,(H,27,31)/t18-,23-/m0/s1. The Morgan fingerprint density at radius 3 is 2.29 bits per heavy atom. The van der Waals surface area contributed by atoms with Crippen molar-refractivity contribution in [2.24, 2.45) is 0 Å². The molecule has 1 N–H and O–H groups in total. The lowest BCUT2D eigenvalue weighted by Crippen LogP contribution is -2.53.